The number of esters is 2. The summed E-state index contributed by atoms with van der Waals surface area (Å²) >= 11 is 0. The zero-order chi connectivity index (χ0) is 12.4. The molecule has 2 heterocycles. The van der Waals surface area contributed by atoms with Gasteiger partial charge < -0.3 is 9.47 Å². The van der Waals surface area contributed by atoms with Gasteiger partial charge in [-0.2, -0.15) is 5.10 Å². The predicted octanol–water partition coefficient (Wildman–Crippen LogP) is 0.793. The van der Waals surface area contributed by atoms with Crippen molar-refractivity contribution >= 4 is 11.9 Å². The van der Waals surface area contributed by atoms with Crippen molar-refractivity contribution in [3.63, 3.8) is 0 Å². The van der Waals surface area contributed by atoms with Gasteiger partial charge in [0.1, 0.15) is 5.56 Å². The van der Waals surface area contributed by atoms with Gasteiger partial charge in [0.15, 0.2) is 5.69 Å². The van der Waals surface area contributed by atoms with Crippen LogP contribution in [0.3, 0.4) is 0 Å². The molecule has 92 valence electrons. The third kappa shape index (κ3) is 1.90. The van der Waals surface area contributed by atoms with Crippen LogP contribution in [0.2, 0.25) is 0 Å². The molecule has 6 nitrogen and oxygen atoms in total. The number of aromatic nitrogens is 2. The van der Waals surface area contributed by atoms with E-state index in [1.165, 1.54) is 14.2 Å². The van der Waals surface area contributed by atoms with E-state index in [-0.39, 0.29) is 11.3 Å². The van der Waals surface area contributed by atoms with Crippen LogP contribution in [0.4, 0.5) is 0 Å². The molecule has 0 atom stereocenters. The van der Waals surface area contributed by atoms with Gasteiger partial charge in [0.05, 0.1) is 19.9 Å². The van der Waals surface area contributed by atoms with E-state index in [0.29, 0.717) is 0 Å². The summed E-state index contributed by atoms with van der Waals surface area (Å²) in [6.45, 7) is 0.719. The molecule has 0 aliphatic carbocycles. The first-order valence-corrected chi connectivity index (χ1v) is 5.45. The summed E-state index contributed by atoms with van der Waals surface area (Å²) in [6.07, 6.45) is 2.71. The van der Waals surface area contributed by atoms with Crippen LogP contribution < -0.4 is 0 Å². The van der Waals surface area contributed by atoms with Crippen molar-refractivity contribution in [3.05, 3.63) is 17.0 Å². The van der Waals surface area contributed by atoms with E-state index in [0.717, 1.165) is 31.5 Å². The highest BCUT2D eigenvalue weighted by Gasteiger charge is 2.30. The Bertz CT molecular complexity index is 464. The van der Waals surface area contributed by atoms with Crippen molar-refractivity contribution in [2.75, 3.05) is 14.2 Å². The SMILES string of the molecule is COC(=O)c1nn2c(c1C(=O)OC)CCCC2. The van der Waals surface area contributed by atoms with Gasteiger partial charge in [0.25, 0.3) is 0 Å². The molecule has 0 N–H and O–H groups in total. The first-order chi connectivity index (χ1) is 8.19. The lowest BCUT2D eigenvalue weighted by atomic mass is 10.0. The van der Waals surface area contributed by atoms with E-state index >= 15 is 0 Å². The molecule has 0 aromatic carbocycles. The molecule has 1 aromatic rings. The van der Waals surface area contributed by atoms with Gasteiger partial charge >= 0.3 is 11.9 Å². The van der Waals surface area contributed by atoms with E-state index in [4.69, 9.17) is 4.74 Å². The van der Waals surface area contributed by atoms with Crippen molar-refractivity contribution < 1.29 is 19.1 Å². The van der Waals surface area contributed by atoms with E-state index in [1.807, 2.05) is 0 Å². The molecule has 0 saturated carbocycles. The zero-order valence-corrected chi connectivity index (χ0v) is 9.86. The number of nitrogens with zero attached hydrogens (tertiary/aromatic N) is 2. The maximum atomic E-state index is 11.7. The van der Waals surface area contributed by atoms with Crippen molar-refractivity contribution in [1.82, 2.24) is 9.78 Å². The molecule has 0 saturated heterocycles. The van der Waals surface area contributed by atoms with Gasteiger partial charge in [-0.05, 0) is 19.3 Å². The van der Waals surface area contributed by atoms with Crippen molar-refractivity contribution in [1.29, 1.82) is 0 Å². The first kappa shape index (κ1) is 11.6. The Morgan fingerprint density at radius 1 is 1.18 bits per heavy atom. The summed E-state index contributed by atoms with van der Waals surface area (Å²) in [7, 11) is 2.55. The maximum Gasteiger partial charge on any atom is 0.359 e. The number of hydrogen-bond acceptors (Lipinski definition) is 5. The number of aryl methyl sites for hydroxylation is 1. The number of fused-ring (bicyclic) bond motifs is 1. The summed E-state index contributed by atoms with van der Waals surface area (Å²) < 4.78 is 11.0. The maximum absolute atomic E-state index is 11.7. The second-order valence-electron chi connectivity index (χ2n) is 3.83. The Morgan fingerprint density at radius 2 is 1.88 bits per heavy atom. The third-order valence-corrected chi connectivity index (χ3v) is 2.86. The highest BCUT2D eigenvalue weighted by Crippen LogP contribution is 2.22. The summed E-state index contributed by atoms with van der Waals surface area (Å²) in [5.41, 5.74) is 1.07. The van der Waals surface area contributed by atoms with E-state index < -0.39 is 11.9 Å². The average molecular weight is 238 g/mol. The third-order valence-electron chi connectivity index (χ3n) is 2.86. The van der Waals surface area contributed by atoms with Crippen LogP contribution in [0.15, 0.2) is 0 Å². The summed E-state index contributed by atoms with van der Waals surface area (Å²) in [6, 6.07) is 0. The van der Waals surface area contributed by atoms with Crippen LogP contribution in [0.5, 0.6) is 0 Å². The molecule has 1 aromatic heterocycles. The lowest BCUT2D eigenvalue weighted by molar-refractivity contribution is 0.0551. The Kier molecular flexibility index (Phi) is 3.12. The Balaban J connectivity index is 2.54. The molecule has 0 spiro atoms. The number of rotatable bonds is 2. The van der Waals surface area contributed by atoms with E-state index in [1.54, 1.807) is 4.68 Å². The molecule has 17 heavy (non-hydrogen) atoms. The van der Waals surface area contributed by atoms with Crippen LogP contribution in [0, 0.1) is 0 Å². The molecule has 0 fully saturated rings. The molecule has 6 heteroatoms. The second-order valence-corrected chi connectivity index (χ2v) is 3.83. The Morgan fingerprint density at radius 3 is 2.53 bits per heavy atom. The standard InChI is InChI=1S/C11H14N2O4/c1-16-10(14)8-7-5-3-4-6-13(7)12-9(8)11(15)17-2/h3-6H2,1-2H3. The smallest absolute Gasteiger partial charge is 0.359 e. The zero-order valence-electron chi connectivity index (χ0n) is 9.86. The van der Waals surface area contributed by atoms with Crippen LogP contribution >= 0.6 is 0 Å². The van der Waals surface area contributed by atoms with Gasteiger partial charge in [-0.25, -0.2) is 9.59 Å². The van der Waals surface area contributed by atoms with Gasteiger partial charge in [0, 0.05) is 6.54 Å². The largest absolute Gasteiger partial charge is 0.465 e. The van der Waals surface area contributed by atoms with Gasteiger partial charge in [0.2, 0.25) is 0 Å². The fourth-order valence-electron chi connectivity index (χ4n) is 2.05. The highest BCUT2D eigenvalue weighted by molar-refractivity contribution is 6.02. The molecule has 1 aliphatic heterocycles. The van der Waals surface area contributed by atoms with Crippen LogP contribution in [0.25, 0.3) is 0 Å². The van der Waals surface area contributed by atoms with E-state index in [2.05, 4.69) is 9.84 Å². The van der Waals surface area contributed by atoms with Gasteiger partial charge in [-0.1, -0.05) is 0 Å². The number of carbonyl (C=O) groups excluding carboxylic acids is 2. The van der Waals surface area contributed by atoms with Crippen molar-refractivity contribution in [2.45, 2.75) is 25.8 Å². The molecule has 0 amide bonds. The topological polar surface area (TPSA) is 70.4 Å². The number of carbonyl (C=O) groups is 2. The average Bonchev–Trinajstić information content (AvgIpc) is 2.76. The Labute approximate surface area is 98.5 Å². The quantitative estimate of drug-likeness (QED) is 0.712. The normalized spacial score (nSPS) is 14.0. The number of hydrogen-bond donors (Lipinski definition) is 0. The first-order valence-electron chi connectivity index (χ1n) is 5.45. The lowest BCUT2D eigenvalue weighted by Gasteiger charge is -2.13. The fourth-order valence-corrected chi connectivity index (χ4v) is 2.05. The predicted molar refractivity (Wildman–Crippen MR) is 57.8 cm³/mol. The molecule has 0 radical (unpaired) electrons. The fraction of sp³-hybridized carbons (Fsp3) is 0.545. The highest BCUT2D eigenvalue weighted by atomic mass is 16.5. The monoisotopic (exact) mass is 238 g/mol. The lowest BCUT2D eigenvalue weighted by Crippen LogP contribution is -2.14. The van der Waals surface area contributed by atoms with E-state index in [9.17, 15) is 9.59 Å². The van der Waals surface area contributed by atoms with Crippen molar-refractivity contribution in [3.8, 4) is 0 Å². The Hall–Kier alpha value is -1.85. The number of ether oxygens (including phenoxy) is 2. The summed E-state index contributed by atoms with van der Waals surface area (Å²) in [5.74, 6) is -1.14. The van der Waals surface area contributed by atoms with Crippen LogP contribution in [-0.2, 0) is 22.4 Å². The molecule has 1 aliphatic rings. The van der Waals surface area contributed by atoms with Gasteiger partial charge in [-0.3, -0.25) is 4.68 Å². The summed E-state index contributed by atoms with van der Waals surface area (Å²) in [5, 5.41) is 4.13. The molecular weight excluding hydrogens is 224 g/mol. The van der Waals surface area contributed by atoms with Gasteiger partial charge in [-0.15, -0.1) is 0 Å². The minimum atomic E-state index is -0.604. The number of methoxy groups -OCH3 is 2. The molecule has 2 rings (SSSR count). The molecule has 0 bridgehead atoms. The molecular formula is C11H14N2O4. The second kappa shape index (κ2) is 4.57. The summed E-state index contributed by atoms with van der Waals surface area (Å²) in [4.78, 5) is 23.3. The minimum Gasteiger partial charge on any atom is -0.465 e. The van der Waals surface area contributed by atoms with Crippen LogP contribution in [-0.4, -0.2) is 35.9 Å². The minimum absolute atomic E-state index is 0.0521. The molecule has 0 unspecified atom stereocenters. The van der Waals surface area contributed by atoms with Crippen molar-refractivity contribution in [2.24, 2.45) is 0 Å². The van der Waals surface area contributed by atoms with Crippen LogP contribution in [0.1, 0.15) is 39.4 Å².